The van der Waals surface area contributed by atoms with Crippen molar-refractivity contribution >= 4 is 23.5 Å². The zero-order valence-corrected chi connectivity index (χ0v) is 8.27. The molecular formula is C9H11FN2S. The monoisotopic (exact) mass is 198 g/mol. The molecule has 1 aliphatic rings. The smallest absolute Gasteiger partial charge is 0.212 e. The van der Waals surface area contributed by atoms with Crippen LogP contribution in [0.3, 0.4) is 0 Å². The molecule has 0 aromatic carbocycles. The Morgan fingerprint density at radius 2 is 2.46 bits per heavy atom. The number of halogens is 1. The summed E-state index contributed by atoms with van der Waals surface area (Å²) in [7, 11) is 0. The summed E-state index contributed by atoms with van der Waals surface area (Å²) in [6.07, 6.45) is 2.96. The topological polar surface area (TPSA) is 24.7 Å². The van der Waals surface area contributed by atoms with E-state index in [4.69, 9.17) is 0 Å². The molecule has 0 aliphatic carbocycles. The molecular weight excluding hydrogens is 187 g/mol. The molecule has 0 aromatic rings. The number of thioether (sulfide) groups is 1. The van der Waals surface area contributed by atoms with Crippen molar-refractivity contribution in [3.05, 3.63) is 23.7 Å². The Balaban J connectivity index is 2.65. The van der Waals surface area contributed by atoms with E-state index in [1.165, 1.54) is 6.08 Å². The van der Waals surface area contributed by atoms with Crippen LogP contribution in [0.5, 0.6) is 0 Å². The average Bonchev–Trinajstić information content (AvgIpc) is 2.66. The lowest BCUT2D eigenvalue weighted by molar-refractivity contribution is 0.630. The van der Waals surface area contributed by atoms with Gasteiger partial charge < -0.3 is 0 Å². The summed E-state index contributed by atoms with van der Waals surface area (Å²) >= 11 is 1.69. The van der Waals surface area contributed by atoms with E-state index >= 15 is 0 Å². The summed E-state index contributed by atoms with van der Waals surface area (Å²) in [6, 6.07) is 0. The molecule has 70 valence electrons. The van der Waals surface area contributed by atoms with Crippen LogP contribution in [0.2, 0.25) is 0 Å². The molecule has 2 nitrogen and oxygen atoms in total. The van der Waals surface area contributed by atoms with Gasteiger partial charge in [-0.2, -0.15) is 4.39 Å². The molecule has 0 saturated carbocycles. The van der Waals surface area contributed by atoms with Gasteiger partial charge >= 0.3 is 0 Å². The van der Waals surface area contributed by atoms with Gasteiger partial charge in [0.15, 0.2) is 0 Å². The normalized spacial score (nSPS) is 18.8. The third-order valence-electron chi connectivity index (χ3n) is 1.54. The molecule has 13 heavy (non-hydrogen) atoms. The van der Waals surface area contributed by atoms with Crippen LogP contribution in [-0.2, 0) is 0 Å². The van der Waals surface area contributed by atoms with Crippen LogP contribution < -0.4 is 0 Å². The van der Waals surface area contributed by atoms with Crippen LogP contribution in [0, 0.1) is 0 Å². The minimum absolute atomic E-state index is 0.567. The highest BCUT2D eigenvalue weighted by Crippen LogP contribution is 2.18. The van der Waals surface area contributed by atoms with Crippen LogP contribution in [0.1, 0.15) is 6.92 Å². The minimum atomic E-state index is -0.567. The molecule has 4 heteroatoms. The van der Waals surface area contributed by atoms with Gasteiger partial charge in [0, 0.05) is 12.3 Å². The SMILES string of the molecule is C=N/C(F)=C\C=C(/C)C1=NCCS1. The van der Waals surface area contributed by atoms with Crippen LogP contribution in [0.15, 0.2) is 33.7 Å². The third-order valence-corrected chi connectivity index (χ3v) is 2.66. The zero-order valence-electron chi connectivity index (χ0n) is 7.46. The van der Waals surface area contributed by atoms with Crippen molar-refractivity contribution in [2.45, 2.75) is 6.92 Å². The van der Waals surface area contributed by atoms with Gasteiger partial charge in [0.2, 0.25) is 5.95 Å². The fraction of sp³-hybridized carbons (Fsp3) is 0.333. The maximum Gasteiger partial charge on any atom is 0.212 e. The molecule has 0 fully saturated rings. The van der Waals surface area contributed by atoms with Gasteiger partial charge in [-0.15, -0.1) is 11.8 Å². The summed E-state index contributed by atoms with van der Waals surface area (Å²) in [6.45, 7) is 5.84. The van der Waals surface area contributed by atoms with Crippen LogP contribution in [0.25, 0.3) is 0 Å². The van der Waals surface area contributed by atoms with Gasteiger partial charge in [-0.25, -0.2) is 4.99 Å². The molecule has 1 heterocycles. The van der Waals surface area contributed by atoms with E-state index in [0.717, 1.165) is 22.9 Å². The molecule has 1 aliphatic heterocycles. The average molecular weight is 198 g/mol. The Kier molecular flexibility index (Phi) is 3.89. The Labute approximate surface area is 81.4 Å². The van der Waals surface area contributed by atoms with Crippen molar-refractivity contribution < 1.29 is 4.39 Å². The molecule has 0 saturated heterocycles. The second-order valence-electron chi connectivity index (χ2n) is 2.53. The Bertz CT molecular complexity index is 292. The quantitative estimate of drug-likeness (QED) is 0.388. The lowest BCUT2D eigenvalue weighted by Gasteiger charge is -1.95. The molecule has 0 amide bonds. The van der Waals surface area contributed by atoms with Crippen LogP contribution >= 0.6 is 11.8 Å². The van der Waals surface area contributed by atoms with E-state index in [1.807, 2.05) is 6.92 Å². The highest BCUT2D eigenvalue weighted by atomic mass is 32.2. The van der Waals surface area contributed by atoms with Crippen molar-refractivity contribution in [3.63, 3.8) is 0 Å². The molecule has 0 N–H and O–H groups in total. The number of nitrogens with zero attached hydrogens (tertiary/aromatic N) is 2. The number of aliphatic imine (C=N–C) groups is 2. The number of hydrogen-bond acceptors (Lipinski definition) is 3. The first-order valence-corrected chi connectivity index (χ1v) is 4.91. The lowest BCUT2D eigenvalue weighted by atomic mass is 10.3. The highest BCUT2D eigenvalue weighted by Gasteiger charge is 2.07. The fourth-order valence-corrected chi connectivity index (χ4v) is 1.75. The van der Waals surface area contributed by atoms with E-state index in [0.29, 0.717) is 0 Å². The van der Waals surface area contributed by atoms with E-state index in [9.17, 15) is 4.39 Å². The van der Waals surface area contributed by atoms with Crippen molar-refractivity contribution in [1.29, 1.82) is 0 Å². The van der Waals surface area contributed by atoms with Crippen molar-refractivity contribution in [2.24, 2.45) is 9.98 Å². The summed E-state index contributed by atoms with van der Waals surface area (Å²) < 4.78 is 12.5. The lowest BCUT2D eigenvalue weighted by Crippen LogP contribution is -1.88. The van der Waals surface area contributed by atoms with Gasteiger partial charge in [-0.05, 0) is 25.3 Å². The fourth-order valence-electron chi connectivity index (χ4n) is 0.891. The van der Waals surface area contributed by atoms with E-state index in [2.05, 4.69) is 16.7 Å². The molecule has 0 radical (unpaired) electrons. The minimum Gasteiger partial charge on any atom is -0.277 e. The zero-order chi connectivity index (χ0) is 9.68. The maximum absolute atomic E-state index is 12.5. The molecule has 0 bridgehead atoms. The summed E-state index contributed by atoms with van der Waals surface area (Å²) in [5, 5.41) is 0.994. The molecule has 0 aromatic heterocycles. The number of rotatable bonds is 3. The maximum atomic E-state index is 12.5. The van der Waals surface area contributed by atoms with E-state index in [1.54, 1.807) is 17.8 Å². The summed E-state index contributed by atoms with van der Waals surface area (Å²) in [5.41, 5.74) is 0.973. The van der Waals surface area contributed by atoms with Crippen molar-refractivity contribution in [2.75, 3.05) is 12.3 Å². The Morgan fingerprint density at radius 3 is 3.00 bits per heavy atom. The van der Waals surface area contributed by atoms with Gasteiger partial charge in [0.05, 0.1) is 5.04 Å². The first kappa shape index (κ1) is 10.2. The first-order chi connectivity index (χ1) is 6.24. The Hall–Kier alpha value is -0.900. The second kappa shape index (κ2) is 4.97. The van der Waals surface area contributed by atoms with E-state index < -0.39 is 5.95 Å². The molecule has 0 spiro atoms. The second-order valence-corrected chi connectivity index (χ2v) is 3.62. The molecule has 0 atom stereocenters. The van der Waals surface area contributed by atoms with Gasteiger partial charge in [0.25, 0.3) is 0 Å². The van der Waals surface area contributed by atoms with Crippen LogP contribution in [0.4, 0.5) is 4.39 Å². The molecule has 0 unspecified atom stereocenters. The summed E-state index contributed by atoms with van der Waals surface area (Å²) in [4.78, 5) is 7.39. The predicted molar refractivity (Wildman–Crippen MR) is 57.3 cm³/mol. The third kappa shape index (κ3) is 3.14. The molecule has 1 rings (SSSR count). The standard InChI is InChI=1S/C9H11FN2S/c1-7(3-4-8(10)11-2)9-12-5-6-13-9/h3-4H,2,5-6H2,1H3/b7-3+,8-4-. The number of hydrogen-bond donors (Lipinski definition) is 0. The first-order valence-electron chi connectivity index (χ1n) is 3.92. The Morgan fingerprint density at radius 1 is 1.69 bits per heavy atom. The van der Waals surface area contributed by atoms with Crippen LogP contribution in [-0.4, -0.2) is 24.1 Å². The van der Waals surface area contributed by atoms with Gasteiger partial charge in [0.1, 0.15) is 0 Å². The van der Waals surface area contributed by atoms with Crippen molar-refractivity contribution in [1.82, 2.24) is 0 Å². The predicted octanol–water partition coefficient (Wildman–Crippen LogP) is 2.59. The number of allylic oxidation sites excluding steroid dienone is 2. The van der Waals surface area contributed by atoms with E-state index in [-0.39, 0.29) is 0 Å². The van der Waals surface area contributed by atoms with Gasteiger partial charge in [-0.1, -0.05) is 6.08 Å². The van der Waals surface area contributed by atoms with Crippen molar-refractivity contribution in [3.8, 4) is 0 Å². The largest absolute Gasteiger partial charge is 0.277 e. The summed E-state index contributed by atoms with van der Waals surface area (Å²) in [5.74, 6) is 0.454. The van der Waals surface area contributed by atoms with Gasteiger partial charge in [-0.3, -0.25) is 4.99 Å². The highest BCUT2D eigenvalue weighted by molar-refractivity contribution is 8.14.